The van der Waals surface area contributed by atoms with E-state index in [9.17, 15) is 14.3 Å². The Kier molecular flexibility index (Phi) is 5.87. The summed E-state index contributed by atoms with van der Waals surface area (Å²) in [6.45, 7) is 5.69. The van der Waals surface area contributed by atoms with Gasteiger partial charge in [0, 0.05) is 12.2 Å². The van der Waals surface area contributed by atoms with Crippen LogP contribution in [-0.4, -0.2) is 28.1 Å². The van der Waals surface area contributed by atoms with E-state index < -0.39 is 12.1 Å². The first-order chi connectivity index (χ1) is 11.4. The molecule has 0 saturated carbocycles. The number of hydrogen-bond acceptors (Lipinski definition) is 4. The number of nitrogens with one attached hydrogen (secondary N) is 2. The van der Waals surface area contributed by atoms with Crippen LogP contribution in [0.3, 0.4) is 0 Å². The molecule has 0 aliphatic carbocycles. The van der Waals surface area contributed by atoms with Crippen LogP contribution in [0.2, 0.25) is 0 Å². The average molecular weight is 331 g/mol. The van der Waals surface area contributed by atoms with Crippen LogP contribution >= 0.6 is 0 Å². The SMILES string of the molecule is CC(C)Nc1ccc(C(=O)N[C@@H](C)[C@@H](O)c2ccc(F)cc2)cn1. The van der Waals surface area contributed by atoms with Gasteiger partial charge in [0.15, 0.2) is 0 Å². The molecule has 6 heteroatoms. The Morgan fingerprint density at radius 2 is 1.79 bits per heavy atom. The van der Waals surface area contributed by atoms with E-state index in [0.29, 0.717) is 16.9 Å². The normalized spacial score (nSPS) is 13.4. The number of amides is 1. The molecule has 5 nitrogen and oxygen atoms in total. The first-order valence-corrected chi connectivity index (χ1v) is 7.84. The number of aromatic nitrogens is 1. The third kappa shape index (κ3) is 4.76. The summed E-state index contributed by atoms with van der Waals surface area (Å²) in [5.41, 5.74) is 0.946. The fourth-order valence-electron chi connectivity index (χ4n) is 2.23. The zero-order valence-electron chi connectivity index (χ0n) is 14.0. The minimum Gasteiger partial charge on any atom is -0.386 e. The van der Waals surface area contributed by atoms with Gasteiger partial charge < -0.3 is 15.7 Å². The van der Waals surface area contributed by atoms with Gasteiger partial charge in [0.05, 0.1) is 17.7 Å². The quantitative estimate of drug-likeness (QED) is 0.761. The molecule has 24 heavy (non-hydrogen) atoms. The number of carbonyl (C=O) groups excluding carboxylic acids is 1. The van der Waals surface area contributed by atoms with Crippen molar-refractivity contribution >= 4 is 11.7 Å². The molecule has 1 amide bonds. The molecule has 2 atom stereocenters. The minimum atomic E-state index is -0.926. The molecule has 1 heterocycles. The first-order valence-electron chi connectivity index (χ1n) is 7.84. The molecule has 2 rings (SSSR count). The van der Waals surface area contributed by atoms with Crippen LogP contribution < -0.4 is 10.6 Å². The maximum Gasteiger partial charge on any atom is 0.253 e. The second-order valence-corrected chi connectivity index (χ2v) is 5.99. The van der Waals surface area contributed by atoms with Crippen molar-refractivity contribution < 1.29 is 14.3 Å². The van der Waals surface area contributed by atoms with Gasteiger partial charge >= 0.3 is 0 Å². The van der Waals surface area contributed by atoms with Gasteiger partial charge in [0.2, 0.25) is 0 Å². The number of nitrogens with zero attached hydrogens (tertiary/aromatic N) is 1. The lowest BCUT2D eigenvalue weighted by atomic mass is 10.0. The Morgan fingerprint density at radius 1 is 1.12 bits per heavy atom. The average Bonchev–Trinajstić information content (AvgIpc) is 2.55. The highest BCUT2D eigenvalue weighted by Gasteiger charge is 2.19. The summed E-state index contributed by atoms with van der Waals surface area (Å²) in [5.74, 6) is -0.00276. The number of pyridine rings is 1. The molecule has 1 aromatic heterocycles. The Balaban J connectivity index is 1.98. The van der Waals surface area contributed by atoms with Gasteiger partial charge in [-0.05, 0) is 50.6 Å². The third-order valence-electron chi connectivity index (χ3n) is 3.51. The number of aliphatic hydroxyl groups is 1. The van der Waals surface area contributed by atoms with Crippen LogP contribution in [0, 0.1) is 5.82 Å². The summed E-state index contributed by atoms with van der Waals surface area (Å²) in [6.07, 6.45) is 0.557. The molecule has 0 aliphatic rings. The van der Waals surface area contributed by atoms with Crippen LogP contribution in [0.1, 0.15) is 42.8 Å². The molecule has 1 aromatic carbocycles. The minimum absolute atomic E-state index is 0.253. The van der Waals surface area contributed by atoms with Crippen LogP contribution in [0.5, 0.6) is 0 Å². The summed E-state index contributed by atoms with van der Waals surface area (Å²) in [6, 6.07) is 8.67. The highest BCUT2D eigenvalue weighted by atomic mass is 19.1. The molecular weight excluding hydrogens is 309 g/mol. The molecule has 0 radical (unpaired) electrons. The Morgan fingerprint density at radius 3 is 2.33 bits per heavy atom. The number of anilines is 1. The van der Waals surface area contributed by atoms with Gasteiger partial charge in [-0.15, -0.1) is 0 Å². The van der Waals surface area contributed by atoms with E-state index in [4.69, 9.17) is 0 Å². The summed E-state index contributed by atoms with van der Waals surface area (Å²) >= 11 is 0. The maximum atomic E-state index is 12.9. The smallest absolute Gasteiger partial charge is 0.253 e. The molecule has 0 spiro atoms. The highest BCUT2D eigenvalue weighted by molar-refractivity contribution is 5.94. The molecule has 0 aliphatic heterocycles. The van der Waals surface area contributed by atoms with E-state index in [-0.39, 0.29) is 17.8 Å². The third-order valence-corrected chi connectivity index (χ3v) is 3.51. The van der Waals surface area contributed by atoms with Crippen molar-refractivity contribution in [2.24, 2.45) is 0 Å². The molecule has 2 aromatic rings. The molecule has 0 saturated heterocycles. The summed E-state index contributed by atoms with van der Waals surface area (Å²) in [4.78, 5) is 16.4. The molecule has 128 valence electrons. The van der Waals surface area contributed by atoms with E-state index in [1.165, 1.54) is 30.5 Å². The highest BCUT2D eigenvalue weighted by Crippen LogP contribution is 2.17. The Bertz CT molecular complexity index is 672. The molecule has 0 bridgehead atoms. The van der Waals surface area contributed by atoms with Crippen LogP contribution in [0.25, 0.3) is 0 Å². The largest absolute Gasteiger partial charge is 0.386 e. The number of carbonyl (C=O) groups is 1. The molecule has 0 fully saturated rings. The first kappa shape index (κ1) is 17.9. The van der Waals surface area contributed by atoms with Gasteiger partial charge in [-0.25, -0.2) is 9.37 Å². The van der Waals surface area contributed by atoms with Crippen molar-refractivity contribution in [3.63, 3.8) is 0 Å². The molecular formula is C18H22FN3O2. The van der Waals surface area contributed by atoms with E-state index in [1.807, 2.05) is 13.8 Å². The summed E-state index contributed by atoms with van der Waals surface area (Å²) in [7, 11) is 0. The van der Waals surface area contributed by atoms with Crippen molar-refractivity contribution in [2.75, 3.05) is 5.32 Å². The van der Waals surface area contributed by atoms with Crippen molar-refractivity contribution in [3.8, 4) is 0 Å². The number of benzene rings is 1. The fraction of sp³-hybridized carbons (Fsp3) is 0.333. The van der Waals surface area contributed by atoms with E-state index in [1.54, 1.807) is 19.1 Å². The zero-order valence-corrected chi connectivity index (χ0v) is 14.0. The van der Waals surface area contributed by atoms with E-state index in [2.05, 4.69) is 15.6 Å². The zero-order chi connectivity index (χ0) is 17.7. The Labute approximate surface area is 140 Å². The van der Waals surface area contributed by atoms with E-state index >= 15 is 0 Å². The second kappa shape index (κ2) is 7.88. The number of halogens is 1. The van der Waals surface area contributed by atoms with Gasteiger partial charge in [0.25, 0.3) is 5.91 Å². The lowest BCUT2D eigenvalue weighted by molar-refractivity contribution is 0.0851. The topological polar surface area (TPSA) is 74.2 Å². The van der Waals surface area contributed by atoms with Gasteiger partial charge in [-0.1, -0.05) is 12.1 Å². The standard InChI is InChI=1S/C18H22FN3O2/c1-11(2)21-16-9-6-14(10-20-16)18(24)22-12(3)17(23)13-4-7-15(19)8-5-13/h4-12,17,23H,1-3H3,(H,20,21)(H,22,24)/t12-,17+/m0/s1. The van der Waals surface area contributed by atoms with Gasteiger partial charge in [-0.2, -0.15) is 0 Å². The van der Waals surface area contributed by atoms with Crippen LogP contribution in [0.15, 0.2) is 42.6 Å². The Hall–Kier alpha value is -2.47. The predicted molar refractivity (Wildman–Crippen MR) is 91.3 cm³/mol. The van der Waals surface area contributed by atoms with Crippen molar-refractivity contribution in [3.05, 3.63) is 59.5 Å². The monoisotopic (exact) mass is 331 g/mol. The van der Waals surface area contributed by atoms with Crippen molar-refractivity contribution in [1.29, 1.82) is 0 Å². The second-order valence-electron chi connectivity index (χ2n) is 5.99. The predicted octanol–water partition coefficient (Wildman–Crippen LogP) is 2.89. The number of aliphatic hydroxyl groups excluding tert-OH is 1. The van der Waals surface area contributed by atoms with Gasteiger partial charge in [-0.3, -0.25) is 4.79 Å². The van der Waals surface area contributed by atoms with Crippen LogP contribution in [-0.2, 0) is 0 Å². The van der Waals surface area contributed by atoms with Crippen molar-refractivity contribution in [1.82, 2.24) is 10.3 Å². The van der Waals surface area contributed by atoms with Gasteiger partial charge in [0.1, 0.15) is 11.6 Å². The summed E-state index contributed by atoms with van der Waals surface area (Å²) < 4.78 is 12.9. The number of hydrogen-bond donors (Lipinski definition) is 3. The van der Waals surface area contributed by atoms with Crippen molar-refractivity contribution in [2.45, 2.75) is 39.0 Å². The molecule has 0 unspecified atom stereocenters. The maximum absolute atomic E-state index is 12.9. The lowest BCUT2D eigenvalue weighted by Crippen LogP contribution is -2.37. The summed E-state index contributed by atoms with van der Waals surface area (Å²) in [5, 5.41) is 16.1. The van der Waals surface area contributed by atoms with Crippen LogP contribution in [0.4, 0.5) is 10.2 Å². The number of rotatable bonds is 6. The lowest BCUT2D eigenvalue weighted by Gasteiger charge is -2.20. The molecule has 3 N–H and O–H groups in total. The van der Waals surface area contributed by atoms with E-state index in [0.717, 1.165) is 0 Å². The fourth-order valence-corrected chi connectivity index (χ4v) is 2.23.